The highest BCUT2D eigenvalue weighted by Gasteiger charge is 2.33. The minimum absolute atomic E-state index is 0. The van der Waals surface area contributed by atoms with Crippen molar-refractivity contribution in [3.05, 3.63) is 46.3 Å². The van der Waals surface area contributed by atoms with Crippen molar-refractivity contribution in [2.75, 3.05) is 37.4 Å². The van der Waals surface area contributed by atoms with Crippen molar-refractivity contribution in [2.24, 2.45) is 0 Å². The molecule has 0 fully saturated rings. The van der Waals surface area contributed by atoms with Crippen LogP contribution in [0.5, 0.6) is 17.2 Å². The number of Topliss-reactive ketones (excluding diaryl/α,β-unsaturated/α-hetero) is 1. The van der Waals surface area contributed by atoms with Crippen LogP contribution in [-0.4, -0.2) is 63.1 Å². The molecule has 2 aromatic carbocycles. The van der Waals surface area contributed by atoms with Crippen molar-refractivity contribution >= 4 is 44.3 Å². The molecular weight excluding hydrogens is 557 g/mol. The first kappa shape index (κ1) is 29.4. The number of rotatable bonds is 10. The molecule has 12 heteroatoms. The minimum Gasteiger partial charge on any atom is -0.505 e. The van der Waals surface area contributed by atoms with Gasteiger partial charge in [-0.2, -0.15) is 0 Å². The second kappa shape index (κ2) is 11.5. The molecule has 3 rings (SSSR count). The zero-order valence-corrected chi connectivity index (χ0v) is 23.4. The van der Waals surface area contributed by atoms with Crippen LogP contribution in [0.1, 0.15) is 47.8 Å². The smallest absolute Gasteiger partial charge is 0.232 e. The van der Waals surface area contributed by atoms with Crippen LogP contribution in [0.25, 0.3) is 0 Å². The second-order valence-electron chi connectivity index (χ2n) is 8.13. The van der Waals surface area contributed by atoms with E-state index in [0.29, 0.717) is 24.2 Å². The number of anilines is 1. The largest absolute Gasteiger partial charge is 0.505 e. The topological polar surface area (TPSA) is 120 Å². The van der Waals surface area contributed by atoms with Crippen LogP contribution in [0.15, 0.2) is 18.2 Å². The Balaban J connectivity index is 0.00000456. The summed E-state index contributed by atoms with van der Waals surface area (Å²) in [6, 6.07) is 4.44. The highest BCUT2D eigenvalue weighted by Crippen LogP contribution is 2.39. The van der Waals surface area contributed by atoms with Gasteiger partial charge in [-0.1, -0.05) is 6.92 Å². The van der Waals surface area contributed by atoms with Crippen LogP contribution in [0.3, 0.4) is 0 Å². The maximum absolute atomic E-state index is 15.3. The molecule has 0 saturated heterocycles. The zero-order valence-electron chi connectivity index (χ0n) is 20.8. The lowest BCUT2D eigenvalue weighted by Gasteiger charge is -2.21. The van der Waals surface area contributed by atoms with Gasteiger partial charge in [-0.15, -0.1) is 17.0 Å². The van der Waals surface area contributed by atoms with Gasteiger partial charge in [0.15, 0.2) is 23.1 Å². The lowest BCUT2D eigenvalue weighted by atomic mass is 10.0. The number of hydrogen-bond acceptors (Lipinski definition) is 7. The van der Waals surface area contributed by atoms with Gasteiger partial charge in [0, 0.05) is 19.2 Å². The second-order valence-corrected chi connectivity index (χ2v) is 10.1. The fourth-order valence-electron chi connectivity index (χ4n) is 3.95. The van der Waals surface area contributed by atoms with Crippen molar-refractivity contribution in [3.8, 4) is 17.2 Å². The van der Waals surface area contributed by atoms with Crippen LogP contribution < -0.4 is 13.8 Å². The van der Waals surface area contributed by atoms with E-state index in [1.807, 2.05) is 0 Å². The molecule has 0 saturated carbocycles. The van der Waals surface area contributed by atoms with E-state index in [-0.39, 0.29) is 76.6 Å². The molecule has 0 amide bonds. The standard InChI is InChI=1S/C24H30FN3O6S.BrH/c1-6-14-9-15(10-17(22(14)30)27(4)35(5,31)32)18(29)13-28-12-16-11-19(33-7-2)23(34-8-3)21(25)20(16)24(28)26;/h9-11,26,30H,6-8,12-13H2,1-5H3;1H. The molecule has 1 heterocycles. The van der Waals surface area contributed by atoms with Crippen molar-refractivity contribution in [1.82, 2.24) is 4.90 Å². The number of carbonyl (C=O) groups is 1. The number of phenols is 1. The van der Waals surface area contributed by atoms with Crippen LogP contribution in [-0.2, 0) is 23.0 Å². The first-order valence-electron chi connectivity index (χ1n) is 11.2. The molecule has 9 nitrogen and oxygen atoms in total. The Bertz CT molecular complexity index is 1290. The third-order valence-corrected chi connectivity index (χ3v) is 7.01. The minimum atomic E-state index is -3.68. The predicted octanol–water partition coefficient (Wildman–Crippen LogP) is 3.89. The van der Waals surface area contributed by atoms with E-state index in [1.165, 1.54) is 24.1 Å². The number of phenolic OH excluding ortho intramolecular Hbond substituents is 1. The van der Waals surface area contributed by atoms with Crippen molar-refractivity contribution in [2.45, 2.75) is 33.7 Å². The Labute approximate surface area is 221 Å². The van der Waals surface area contributed by atoms with E-state index in [4.69, 9.17) is 14.9 Å². The van der Waals surface area contributed by atoms with Crippen LogP contribution in [0.4, 0.5) is 10.1 Å². The maximum atomic E-state index is 15.3. The fourth-order valence-corrected chi connectivity index (χ4v) is 4.45. The molecule has 0 bridgehead atoms. The van der Waals surface area contributed by atoms with Gasteiger partial charge >= 0.3 is 0 Å². The summed E-state index contributed by atoms with van der Waals surface area (Å²) in [7, 11) is -2.39. The van der Waals surface area contributed by atoms with Gasteiger partial charge in [0.05, 0.1) is 37.3 Å². The van der Waals surface area contributed by atoms with E-state index in [9.17, 15) is 18.3 Å². The number of nitrogens with one attached hydrogen (secondary N) is 1. The number of benzene rings is 2. The lowest BCUT2D eigenvalue weighted by molar-refractivity contribution is 0.0962. The average molecular weight is 588 g/mol. The molecule has 0 unspecified atom stereocenters. The lowest BCUT2D eigenvalue weighted by Crippen LogP contribution is -2.31. The third kappa shape index (κ3) is 5.59. The number of aromatic hydroxyl groups is 1. The Kier molecular flexibility index (Phi) is 9.35. The molecule has 36 heavy (non-hydrogen) atoms. The van der Waals surface area contributed by atoms with Crippen LogP contribution in [0, 0.1) is 11.2 Å². The Morgan fingerprint density at radius 3 is 2.39 bits per heavy atom. The third-order valence-electron chi connectivity index (χ3n) is 5.81. The van der Waals surface area contributed by atoms with Gasteiger partial charge in [-0.05, 0) is 49.6 Å². The number of fused-ring (bicyclic) bond motifs is 1. The van der Waals surface area contributed by atoms with Gasteiger partial charge in [0.2, 0.25) is 10.0 Å². The quantitative estimate of drug-likeness (QED) is 0.404. The molecule has 198 valence electrons. The summed E-state index contributed by atoms with van der Waals surface area (Å²) >= 11 is 0. The molecule has 0 aliphatic carbocycles. The molecular formula is C24H31BrFN3O6S. The SMILES string of the molecule is Br.CCOc1cc2c(c(F)c1OCC)C(=N)N(CC(=O)c1cc(CC)c(O)c(N(C)S(C)(=O)=O)c1)C2. The Hall–Kier alpha value is -2.86. The van der Waals surface area contributed by atoms with Crippen molar-refractivity contribution in [1.29, 1.82) is 5.41 Å². The molecule has 0 radical (unpaired) electrons. The fraction of sp³-hybridized carbons (Fsp3) is 0.417. The summed E-state index contributed by atoms with van der Waals surface area (Å²) < 4.78 is 51.2. The van der Waals surface area contributed by atoms with Gasteiger partial charge in [-0.25, -0.2) is 12.8 Å². The van der Waals surface area contributed by atoms with Crippen LogP contribution >= 0.6 is 17.0 Å². The summed E-state index contributed by atoms with van der Waals surface area (Å²) in [4.78, 5) is 14.6. The van der Waals surface area contributed by atoms with E-state index in [1.54, 1.807) is 26.8 Å². The number of amidine groups is 1. The summed E-state index contributed by atoms with van der Waals surface area (Å²) in [5.41, 5.74) is 1.14. The average Bonchev–Trinajstić information content (AvgIpc) is 3.10. The van der Waals surface area contributed by atoms with Crippen molar-refractivity contribution < 1.29 is 32.2 Å². The number of halogens is 2. The van der Waals surface area contributed by atoms with E-state index in [2.05, 4.69) is 0 Å². The number of nitrogens with zero attached hydrogens (tertiary/aromatic N) is 2. The molecule has 0 spiro atoms. The first-order valence-corrected chi connectivity index (χ1v) is 13.1. The van der Waals surface area contributed by atoms with E-state index in [0.717, 1.165) is 10.6 Å². The molecule has 2 N–H and O–H groups in total. The Morgan fingerprint density at radius 2 is 1.83 bits per heavy atom. The number of sulfonamides is 1. The number of ketones is 1. The van der Waals surface area contributed by atoms with Gasteiger partial charge in [0.25, 0.3) is 0 Å². The first-order chi connectivity index (χ1) is 16.4. The van der Waals surface area contributed by atoms with Crippen molar-refractivity contribution in [3.63, 3.8) is 0 Å². The molecule has 0 atom stereocenters. The summed E-state index contributed by atoms with van der Waals surface area (Å²) in [5, 5.41) is 19.0. The predicted molar refractivity (Wildman–Crippen MR) is 141 cm³/mol. The number of ether oxygens (including phenoxy) is 2. The molecule has 1 aliphatic heterocycles. The number of hydrogen-bond donors (Lipinski definition) is 2. The van der Waals surface area contributed by atoms with E-state index >= 15 is 4.39 Å². The molecule has 1 aliphatic rings. The summed E-state index contributed by atoms with van der Waals surface area (Å²) in [5.74, 6) is -1.31. The number of carbonyl (C=O) groups excluding carboxylic acids is 1. The highest BCUT2D eigenvalue weighted by atomic mass is 79.9. The monoisotopic (exact) mass is 587 g/mol. The number of aryl methyl sites for hydroxylation is 1. The van der Waals surface area contributed by atoms with Gasteiger partial charge < -0.3 is 19.5 Å². The Morgan fingerprint density at radius 1 is 1.19 bits per heavy atom. The zero-order chi connectivity index (χ0) is 26.1. The summed E-state index contributed by atoms with van der Waals surface area (Å²) in [6.45, 7) is 5.67. The van der Waals surface area contributed by atoms with Crippen LogP contribution in [0.2, 0.25) is 0 Å². The van der Waals surface area contributed by atoms with E-state index < -0.39 is 21.6 Å². The summed E-state index contributed by atoms with van der Waals surface area (Å²) in [6.07, 6.45) is 1.37. The highest BCUT2D eigenvalue weighted by molar-refractivity contribution is 8.93. The molecule has 0 aromatic heterocycles. The normalized spacial score (nSPS) is 12.7. The molecule has 2 aromatic rings. The van der Waals surface area contributed by atoms with Gasteiger partial charge in [0.1, 0.15) is 11.6 Å². The maximum Gasteiger partial charge on any atom is 0.232 e. The van der Waals surface area contributed by atoms with Gasteiger partial charge in [-0.3, -0.25) is 14.5 Å².